The summed E-state index contributed by atoms with van der Waals surface area (Å²) in [5, 5.41) is 0. The fourth-order valence-corrected chi connectivity index (χ4v) is 4.86. The van der Waals surface area contributed by atoms with E-state index in [1.54, 1.807) is 21.3 Å². The molecule has 7 nitrogen and oxygen atoms in total. The van der Waals surface area contributed by atoms with Crippen LogP contribution < -0.4 is 23.7 Å². The molecule has 5 rings (SSSR count). The Kier molecular flexibility index (Phi) is 5.81. The van der Waals surface area contributed by atoms with Crippen molar-refractivity contribution in [3.8, 4) is 28.7 Å². The van der Waals surface area contributed by atoms with Crippen LogP contribution in [0, 0.1) is 5.82 Å². The van der Waals surface area contributed by atoms with Crippen molar-refractivity contribution in [3.63, 3.8) is 0 Å². The van der Waals surface area contributed by atoms with Crippen LogP contribution in [0.2, 0.25) is 0 Å². The van der Waals surface area contributed by atoms with Gasteiger partial charge in [0.05, 0.1) is 34.0 Å². The Bertz CT molecular complexity index is 1020. The molecule has 168 valence electrons. The number of halogens is 2. The van der Waals surface area contributed by atoms with Crippen molar-refractivity contribution in [1.29, 1.82) is 0 Å². The van der Waals surface area contributed by atoms with E-state index in [-0.39, 0.29) is 42.9 Å². The van der Waals surface area contributed by atoms with Crippen LogP contribution in [0.25, 0.3) is 0 Å². The molecule has 2 atom stereocenters. The standard InChI is InChI=1S/C22H24FNO6.ClH/c1-24-8-7-12-15(20(27-4)22-21(16(12)23)29-10-30-22)17(24)19-11-5-6-14(25-2)18(26-3)13(11)9-28-19;/h5-6,17,19H,7-10H2,1-4H3;1H/t17?,19-;/m0./s1. The summed E-state index contributed by atoms with van der Waals surface area (Å²) < 4.78 is 49.3. The summed E-state index contributed by atoms with van der Waals surface area (Å²) in [7, 11) is 6.81. The zero-order valence-electron chi connectivity index (χ0n) is 17.8. The number of ether oxygens (including phenoxy) is 6. The molecule has 0 aromatic heterocycles. The molecule has 2 aromatic carbocycles. The first kappa shape index (κ1) is 21.8. The summed E-state index contributed by atoms with van der Waals surface area (Å²) >= 11 is 0. The molecule has 0 bridgehead atoms. The molecule has 0 saturated heterocycles. The van der Waals surface area contributed by atoms with Crippen LogP contribution in [0.1, 0.15) is 34.4 Å². The molecule has 3 aliphatic heterocycles. The second-order valence-electron chi connectivity index (χ2n) is 7.58. The maximum Gasteiger partial charge on any atom is 0.231 e. The van der Waals surface area contributed by atoms with Crippen LogP contribution in [0.5, 0.6) is 28.7 Å². The van der Waals surface area contributed by atoms with Gasteiger partial charge >= 0.3 is 0 Å². The number of likely N-dealkylation sites (N-methyl/N-ethyl adjacent to an activating group) is 1. The molecule has 0 amide bonds. The highest BCUT2D eigenvalue weighted by Gasteiger charge is 2.44. The second kappa shape index (κ2) is 8.26. The molecule has 0 spiro atoms. The third kappa shape index (κ3) is 3.08. The minimum atomic E-state index is -0.373. The van der Waals surface area contributed by atoms with Crippen LogP contribution in [-0.4, -0.2) is 46.6 Å². The van der Waals surface area contributed by atoms with Crippen molar-refractivity contribution < 1.29 is 32.8 Å². The quantitative estimate of drug-likeness (QED) is 0.697. The van der Waals surface area contributed by atoms with Gasteiger partial charge in [-0.15, -0.1) is 12.4 Å². The SMILES string of the molecule is COc1ccc2c(c1OC)CO[C@@H]2C1c2c(c(F)c3c(c2OC)OCO3)CCN1C.Cl. The molecule has 3 aliphatic rings. The summed E-state index contributed by atoms with van der Waals surface area (Å²) in [5.41, 5.74) is 3.29. The van der Waals surface area contributed by atoms with E-state index < -0.39 is 0 Å². The third-order valence-electron chi connectivity index (χ3n) is 6.23. The average molecular weight is 454 g/mol. The Labute approximate surface area is 186 Å². The van der Waals surface area contributed by atoms with E-state index in [9.17, 15) is 0 Å². The Balaban J connectivity index is 0.00000231. The van der Waals surface area contributed by atoms with E-state index in [1.165, 1.54) is 0 Å². The van der Waals surface area contributed by atoms with E-state index >= 15 is 4.39 Å². The molecule has 0 aliphatic carbocycles. The first-order chi connectivity index (χ1) is 14.6. The summed E-state index contributed by atoms with van der Waals surface area (Å²) in [6, 6.07) is 3.61. The molecule has 0 fully saturated rings. The molecular weight excluding hydrogens is 429 g/mol. The average Bonchev–Trinajstić information content (AvgIpc) is 3.41. The molecule has 0 radical (unpaired) electrons. The summed E-state index contributed by atoms with van der Waals surface area (Å²) in [6.45, 7) is 1.04. The largest absolute Gasteiger partial charge is 0.493 e. The van der Waals surface area contributed by atoms with Crippen LogP contribution >= 0.6 is 12.4 Å². The van der Waals surface area contributed by atoms with E-state index in [1.807, 2.05) is 19.2 Å². The molecule has 0 saturated carbocycles. The number of nitrogens with zero attached hydrogens (tertiary/aromatic N) is 1. The minimum absolute atomic E-state index is 0. The van der Waals surface area contributed by atoms with Gasteiger partial charge in [0.2, 0.25) is 18.3 Å². The maximum absolute atomic E-state index is 15.3. The Morgan fingerprint density at radius 3 is 2.45 bits per heavy atom. The number of methoxy groups -OCH3 is 3. The van der Waals surface area contributed by atoms with Gasteiger partial charge in [0.1, 0.15) is 6.10 Å². The van der Waals surface area contributed by atoms with Gasteiger partial charge in [-0.3, -0.25) is 4.90 Å². The number of hydrogen-bond donors (Lipinski definition) is 0. The molecule has 0 N–H and O–H groups in total. The van der Waals surface area contributed by atoms with Crippen molar-refractivity contribution in [2.24, 2.45) is 0 Å². The number of benzene rings is 2. The molecule has 3 heterocycles. The predicted octanol–water partition coefficient (Wildman–Crippen LogP) is 3.80. The number of fused-ring (bicyclic) bond motifs is 3. The van der Waals surface area contributed by atoms with Gasteiger partial charge < -0.3 is 28.4 Å². The molecule has 9 heteroatoms. The van der Waals surface area contributed by atoms with Crippen LogP contribution in [-0.2, 0) is 17.8 Å². The highest BCUT2D eigenvalue weighted by molar-refractivity contribution is 5.85. The minimum Gasteiger partial charge on any atom is -0.493 e. The predicted molar refractivity (Wildman–Crippen MR) is 112 cm³/mol. The van der Waals surface area contributed by atoms with Gasteiger partial charge in [-0.05, 0) is 25.1 Å². The van der Waals surface area contributed by atoms with Crippen molar-refractivity contribution in [1.82, 2.24) is 4.90 Å². The summed E-state index contributed by atoms with van der Waals surface area (Å²) in [5.74, 6) is 1.91. The third-order valence-corrected chi connectivity index (χ3v) is 6.23. The summed E-state index contributed by atoms with van der Waals surface area (Å²) in [6.07, 6.45) is 0.227. The van der Waals surface area contributed by atoms with Crippen LogP contribution in [0.4, 0.5) is 4.39 Å². The van der Waals surface area contributed by atoms with E-state index in [0.29, 0.717) is 48.1 Å². The molecule has 2 aromatic rings. The molecular formula is C22H25ClFNO6. The Morgan fingerprint density at radius 2 is 1.74 bits per heavy atom. The zero-order chi connectivity index (χ0) is 21.0. The van der Waals surface area contributed by atoms with Gasteiger partial charge in [-0.2, -0.15) is 0 Å². The fourth-order valence-electron chi connectivity index (χ4n) is 4.86. The van der Waals surface area contributed by atoms with Gasteiger partial charge in [0, 0.05) is 23.2 Å². The highest BCUT2D eigenvalue weighted by atomic mass is 35.5. The highest BCUT2D eigenvalue weighted by Crippen LogP contribution is 2.56. The van der Waals surface area contributed by atoms with Gasteiger partial charge in [-0.1, -0.05) is 6.07 Å². The first-order valence-corrected chi connectivity index (χ1v) is 9.84. The monoisotopic (exact) mass is 453 g/mol. The molecule has 31 heavy (non-hydrogen) atoms. The van der Waals surface area contributed by atoms with Crippen molar-refractivity contribution in [2.75, 3.05) is 41.7 Å². The fraction of sp³-hybridized carbons (Fsp3) is 0.455. The van der Waals surface area contributed by atoms with Crippen LogP contribution in [0.3, 0.4) is 0 Å². The Morgan fingerprint density at radius 1 is 1.00 bits per heavy atom. The lowest BCUT2D eigenvalue weighted by Crippen LogP contribution is -2.36. The van der Waals surface area contributed by atoms with Crippen molar-refractivity contribution in [2.45, 2.75) is 25.2 Å². The number of hydrogen-bond acceptors (Lipinski definition) is 7. The number of rotatable bonds is 4. The lowest BCUT2D eigenvalue weighted by Gasteiger charge is -2.39. The second-order valence-corrected chi connectivity index (χ2v) is 7.58. The maximum atomic E-state index is 15.3. The van der Waals surface area contributed by atoms with E-state index in [2.05, 4.69) is 4.90 Å². The lowest BCUT2D eigenvalue weighted by atomic mass is 9.85. The van der Waals surface area contributed by atoms with E-state index in [0.717, 1.165) is 16.7 Å². The van der Waals surface area contributed by atoms with Crippen molar-refractivity contribution in [3.05, 3.63) is 40.2 Å². The Hall–Kier alpha value is -2.42. The van der Waals surface area contributed by atoms with Gasteiger partial charge in [0.15, 0.2) is 23.1 Å². The van der Waals surface area contributed by atoms with Crippen molar-refractivity contribution >= 4 is 12.4 Å². The van der Waals surface area contributed by atoms with Crippen LogP contribution in [0.15, 0.2) is 12.1 Å². The zero-order valence-corrected chi connectivity index (χ0v) is 18.6. The van der Waals surface area contributed by atoms with Gasteiger partial charge in [0.25, 0.3) is 0 Å². The normalized spacial score (nSPS) is 21.2. The van der Waals surface area contributed by atoms with Gasteiger partial charge in [-0.25, -0.2) is 4.39 Å². The first-order valence-electron chi connectivity index (χ1n) is 9.84. The smallest absolute Gasteiger partial charge is 0.231 e. The van der Waals surface area contributed by atoms with E-state index in [4.69, 9.17) is 28.4 Å². The summed E-state index contributed by atoms with van der Waals surface area (Å²) in [4.78, 5) is 2.17. The lowest BCUT2D eigenvalue weighted by molar-refractivity contribution is -0.00513. The molecule has 1 unspecified atom stereocenters. The topological polar surface area (TPSA) is 58.6 Å².